The number of piperidine rings is 1. The van der Waals surface area contributed by atoms with E-state index >= 15 is 0 Å². The van der Waals surface area contributed by atoms with Gasteiger partial charge in [0.2, 0.25) is 0 Å². The van der Waals surface area contributed by atoms with E-state index in [0.717, 1.165) is 49.1 Å². The van der Waals surface area contributed by atoms with Crippen molar-refractivity contribution in [1.82, 2.24) is 9.97 Å². The molecule has 0 aliphatic carbocycles. The van der Waals surface area contributed by atoms with Crippen LogP contribution in [0.4, 0.5) is 5.69 Å². The Morgan fingerprint density at radius 2 is 2.14 bits per heavy atom. The molecule has 0 bridgehead atoms. The second kappa shape index (κ2) is 6.27. The molecular formula is C16H20N4O2. The first-order valence-corrected chi connectivity index (χ1v) is 7.47. The lowest BCUT2D eigenvalue weighted by Crippen LogP contribution is -2.35. The lowest BCUT2D eigenvalue weighted by molar-refractivity contribution is 0.0996. The zero-order valence-electron chi connectivity index (χ0n) is 12.7. The molecule has 1 aliphatic rings. The van der Waals surface area contributed by atoms with Gasteiger partial charge in [0.15, 0.2) is 0 Å². The summed E-state index contributed by atoms with van der Waals surface area (Å²) in [4.78, 5) is 22.4. The van der Waals surface area contributed by atoms with E-state index in [4.69, 9.17) is 10.5 Å². The van der Waals surface area contributed by atoms with Crippen LogP contribution in [0.25, 0.3) is 10.9 Å². The zero-order valence-corrected chi connectivity index (χ0v) is 12.7. The predicted molar refractivity (Wildman–Crippen MR) is 84.9 cm³/mol. The van der Waals surface area contributed by atoms with E-state index < -0.39 is 5.91 Å². The van der Waals surface area contributed by atoms with Gasteiger partial charge in [-0.05, 0) is 30.9 Å². The Morgan fingerprint density at radius 3 is 2.82 bits per heavy atom. The normalized spacial score (nSPS) is 16.1. The Labute approximate surface area is 129 Å². The average Bonchev–Trinajstić information content (AvgIpc) is 2.55. The third kappa shape index (κ3) is 2.87. The fourth-order valence-electron chi connectivity index (χ4n) is 2.97. The molecule has 0 spiro atoms. The molecule has 1 saturated heterocycles. The topological polar surface area (TPSA) is 81.3 Å². The molecule has 6 nitrogen and oxygen atoms in total. The van der Waals surface area contributed by atoms with Crippen LogP contribution in [0.2, 0.25) is 0 Å². The first kappa shape index (κ1) is 14.7. The first-order chi connectivity index (χ1) is 10.7. The van der Waals surface area contributed by atoms with Gasteiger partial charge in [0.05, 0.1) is 17.4 Å². The van der Waals surface area contributed by atoms with E-state index in [9.17, 15) is 4.79 Å². The molecule has 1 fully saturated rings. The molecule has 2 aromatic rings. The van der Waals surface area contributed by atoms with E-state index in [1.165, 1.54) is 0 Å². The number of rotatable bonds is 4. The van der Waals surface area contributed by atoms with Gasteiger partial charge in [-0.3, -0.25) is 9.78 Å². The molecule has 22 heavy (non-hydrogen) atoms. The minimum absolute atomic E-state index is 0.286. The van der Waals surface area contributed by atoms with Crippen molar-refractivity contribution in [3.63, 3.8) is 0 Å². The smallest absolute Gasteiger partial charge is 0.267 e. The zero-order chi connectivity index (χ0) is 15.5. The molecule has 6 heteroatoms. The highest BCUT2D eigenvalue weighted by atomic mass is 16.5. The number of hydrogen-bond acceptors (Lipinski definition) is 5. The quantitative estimate of drug-likeness (QED) is 0.927. The maximum atomic E-state index is 11.4. The van der Waals surface area contributed by atoms with Crippen LogP contribution in [0.3, 0.4) is 0 Å². The number of carbonyl (C=O) groups is 1. The number of anilines is 1. The highest BCUT2D eigenvalue weighted by Gasteiger charge is 2.21. The van der Waals surface area contributed by atoms with Crippen LogP contribution in [0.5, 0.6) is 0 Å². The monoisotopic (exact) mass is 300 g/mol. The molecule has 3 rings (SSSR count). The molecule has 1 aliphatic heterocycles. The molecule has 2 N–H and O–H groups in total. The van der Waals surface area contributed by atoms with Gasteiger partial charge in [-0.25, -0.2) is 4.98 Å². The van der Waals surface area contributed by atoms with Crippen LogP contribution in [0, 0.1) is 5.92 Å². The number of fused-ring (bicyclic) bond motifs is 1. The van der Waals surface area contributed by atoms with Gasteiger partial charge in [0.1, 0.15) is 5.69 Å². The van der Waals surface area contributed by atoms with E-state index in [1.807, 2.05) is 12.3 Å². The number of ether oxygens (including phenoxy) is 1. The van der Waals surface area contributed by atoms with E-state index in [-0.39, 0.29) is 5.69 Å². The van der Waals surface area contributed by atoms with Gasteiger partial charge in [0, 0.05) is 38.4 Å². The van der Waals surface area contributed by atoms with Gasteiger partial charge in [0.25, 0.3) is 5.91 Å². The summed E-state index contributed by atoms with van der Waals surface area (Å²) in [7, 11) is 1.75. The predicted octanol–water partition coefficient (Wildman–Crippen LogP) is 1.59. The number of hydrogen-bond donors (Lipinski definition) is 1. The van der Waals surface area contributed by atoms with Gasteiger partial charge < -0.3 is 15.4 Å². The molecule has 116 valence electrons. The van der Waals surface area contributed by atoms with Crippen molar-refractivity contribution in [2.45, 2.75) is 12.8 Å². The number of aromatic nitrogens is 2. The Kier molecular flexibility index (Phi) is 4.20. The van der Waals surface area contributed by atoms with E-state index in [2.05, 4.69) is 14.9 Å². The Morgan fingerprint density at radius 1 is 1.36 bits per heavy atom. The van der Waals surface area contributed by atoms with Gasteiger partial charge >= 0.3 is 0 Å². The SMILES string of the molecule is COCC1CCN(c2cncc3ccc(C(N)=O)nc23)CC1. The number of primary amides is 1. The summed E-state index contributed by atoms with van der Waals surface area (Å²) in [5.41, 5.74) is 7.38. The van der Waals surface area contributed by atoms with Crippen LogP contribution in [0.1, 0.15) is 23.3 Å². The van der Waals surface area contributed by atoms with Gasteiger partial charge in [-0.15, -0.1) is 0 Å². The summed E-state index contributed by atoms with van der Waals surface area (Å²) >= 11 is 0. The van der Waals surface area contributed by atoms with Crippen molar-refractivity contribution in [2.24, 2.45) is 11.7 Å². The molecular weight excluding hydrogens is 280 g/mol. The van der Waals surface area contributed by atoms with Crippen molar-refractivity contribution in [2.75, 3.05) is 31.7 Å². The van der Waals surface area contributed by atoms with Crippen molar-refractivity contribution < 1.29 is 9.53 Å². The maximum absolute atomic E-state index is 11.4. The summed E-state index contributed by atoms with van der Waals surface area (Å²) in [6, 6.07) is 3.48. The second-order valence-corrected chi connectivity index (χ2v) is 5.68. The summed E-state index contributed by atoms with van der Waals surface area (Å²) in [6.07, 6.45) is 5.74. The summed E-state index contributed by atoms with van der Waals surface area (Å²) in [5, 5.41) is 0.918. The standard InChI is InChI=1S/C16H20N4O2/c1-22-10-11-4-6-20(7-5-11)14-9-18-8-12-2-3-13(16(17)21)19-15(12)14/h2-3,8-9,11H,4-7,10H2,1H3,(H2,17,21). The lowest BCUT2D eigenvalue weighted by Gasteiger charge is -2.33. The Balaban J connectivity index is 1.90. The lowest BCUT2D eigenvalue weighted by atomic mass is 9.97. The maximum Gasteiger partial charge on any atom is 0.267 e. The van der Waals surface area contributed by atoms with Crippen LogP contribution < -0.4 is 10.6 Å². The van der Waals surface area contributed by atoms with Crippen molar-refractivity contribution in [3.05, 3.63) is 30.2 Å². The van der Waals surface area contributed by atoms with Crippen LogP contribution in [-0.2, 0) is 4.74 Å². The number of pyridine rings is 2. The molecule has 0 unspecified atom stereocenters. The Bertz CT molecular complexity index is 681. The molecule has 2 aromatic heterocycles. The molecule has 0 aromatic carbocycles. The third-order valence-electron chi connectivity index (χ3n) is 4.19. The molecule has 0 atom stereocenters. The number of amides is 1. The molecule has 0 saturated carbocycles. The first-order valence-electron chi connectivity index (χ1n) is 7.47. The molecule has 1 amide bonds. The van der Waals surface area contributed by atoms with Gasteiger partial charge in [-0.2, -0.15) is 0 Å². The van der Waals surface area contributed by atoms with E-state index in [0.29, 0.717) is 5.92 Å². The number of carbonyl (C=O) groups excluding carboxylic acids is 1. The highest BCUT2D eigenvalue weighted by molar-refractivity contribution is 5.96. The number of nitrogens with zero attached hydrogens (tertiary/aromatic N) is 3. The summed E-state index contributed by atoms with van der Waals surface area (Å²) < 4.78 is 5.24. The number of methoxy groups -OCH3 is 1. The summed E-state index contributed by atoms with van der Waals surface area (Å²) in [5.74, 6) is 0.0989. The van der Waals surface area contributed by atoms with Crippen molar-refractivity contribution >= 4 is 22.5 Å². The molecule has 3 heterocycles. The van der Waals surface area contributed by atoms with Crippen LogP contribution in [-0.4, -0.2) is 42.7 Å². The van der Waals surface area contributed by atoms with Crippen molar-refractivity contribution in [1.29, 1.82) is 0 Å². The minimum atomic E-state index is -0.511. The number of nitrogens with two attached hydrogens (primary N) is 1. The largest absolute Gasteiger partial charge is 0.384 e. The van der Waals surface area contributed by atoms with Crippen LogP contribution >= 0.6 is 0 Å². The highest BCUT2D eigenvalue weighted by Crippen LogP contribution is 2.28. The van der Waals surface area contributed by atoms with Gasteiger partial charge in [-0.1, -0.05) is 0 Å². The summed E-state index contributed by atoms with van der Waals surface area (Å²) in [6.45, 7) is 2.69. The average molecular weight is 300 g/mol. The third-order valence-corrected chi connectivity index (χ3v) is 4.19. The molecule has 0 radical (unpaired) electrons. The Hall–Kier alpha value is -2.21. The minimum Gasteiger partial charge on any atom is -0.384 e. The van der Waals surface area contributed by atoms with E-state index in [1.54, 1.807) is 19.4 Å². The van der Waals surface area contributed by atoms with Crippen molar-refractivity contribution in [3.8, 4) is 0 Å². The fourth-order valence-corrected chi connectivity index (χ4v) is 2.97. The second-order valence-electron chi connectivity index (χ2n) is 5.68. The fraction of sp³-hybridized carbons (Fsp3) is 0.438. The van der Waals surface area contributed by atoms with Crippen LogP contribution in [0.15, 0.2) is 24.5 Å².